The third-order valence-corrected chi connectivity index (χ3v) is 2.85. The smallest absolute Gasteiger partial charge is 0.270 e. The molecule has 0 aliphatic heterocycles. The quantitative estimate of drug-likeness (QED) is 0.483. The third-order valence-electron chi connectivity index (χ3n) is 2.85. The lowest BCUT2D eigenvalue weighted by molar-refractivity contribution is -0.121. The number of ketones is 2. The van der Waals surface area contributed by atoms with Crippen molar-refractivity contribution in [3.8, 4) is 0 Å². The van der Waals surface area contributed by atoms with Crippen molar-refractivity contribution in [2.45, 2.75) is 5.72 Å². The van der Waals surface area contributed by atoms with Crippen LogP contribution in [0, 0.1) is 0 Å². The molecule has 1 amide bonds. The van der Waals surface area contributed by atoms with Crippen LogP contribution in [0.3, 0.4) is 0 Å². The predicted molar refractivity (Wildman–Crippen MR) is 63.2 cm³/mol. The van der Waals surface area contributed by atoms with E-state index in [1.165, 1.54) is 19.2 Å². The summed E-state index contributed by atoms with van der Waals surface area (Å²) < 4.78 is 5.00. The molecule has 0 spiro atoms. The molecular weight excluding hydrogens is 234 g/mol. The van der Waals surface area contributed by atoms with E-state index < -0.39 is 23.2 Å². The van der Waals surface area contributed by atoms with Crippen molar-refractivity contribution >= 4 is 17.5 Å². The summed E-state index contributed by atoms with van der Waals surface area (Å²) in [5.41, 5.74) is -1.47. The normalized spacial score (nSPS) is 16.3. The van der Waals surface area contributed by atoms with Gasteiger partial charge in [0.05, 0.1) is 0 Å². The van der Waals surface area contributed by atoms with E-state index in [4.69, 9.17) is 4.74 Å². The van der Waals surface area contributed by atoms with E-state index in [1.54, 1.807) is 12.1 Å². The van der Waals surface area contributed by atoms with Crippen molar-refractivity contribution < 1.29 is 19.1 Å². The van der Waals surface area contributed by atoms with Crippen LogP contribution in [0.15, 0.2) is 36.9 Å². The van der Waals surface area contributed by atoms with Gasteiger partial charge in [0.15, 0.2) is 0 Å². The van der Waals surface area contributed by atoms with Crippen molar-refractivity contribution in [3.05, 3.63) is 48.0 Å². The minimum absolute atomic E-state index is 0.244. The minimum atomic E-state index is -1.96. The number of fused-ring (bicyclic) bond motifs is 1. The highest BCUT2D eigenvalue weighted by Crippen LogP contribution is 2.30. The number of carbonyl (C=O) groups excluding carboxylic acids is 3. The first kappa shape index (κ1) is 12.2. The second-order valence-electron chi connectivity index (χ2n) is 3.78. The molecule has 0 bridgehead atoms. The third kappa shape index (κ3) is 1.48. The molecule has 1 N–H and O–H groups in total. The van der Waals surface area contributed by atoms with Crippen LogP contribution >= 0.6 is 0 Å². The molecule has 1 aliphatic rings. The number of benzene rings is 1. The maximum absolute atomic E-state index is 12.2. The lowest BCUT2D eigenvalue weighted by Gasteiger charge is -2.24. The van der Waals surface area contributed by atoms with Crippen LogP contribution in [0.25, 0.3) is 0 Å². The molecule has 5 heteroatoms. The van der Waals surface area contributed by atoms with E-state index in [1.807, 2.05) is 0 Å². The molecule has 5 nitrogen and oxygen atoms in total. The van der Waals surface area contributed by atoms with Crippen LogP contribution < -0.4 is 5.32 Å². The minimum Gasteiger partial charge on any atom is -0.346 e. The number of methoxy groups -OCH3 is 1. The highest BCUT2D eigenvalue weighted by Gasteiger charge is 2.54. The van der Waals surface area contributed by atoms with Gasteiger partial charge in [0.1, 0.15) is 0 Å². The first-order valence-corrected chi connectivity index (χ1v) is 5.25. The fourth-order valence-electron chi connectivity index (χ4n) is 1.94. The number of rotatable bonds is 3. The Kier molecular flexibility index (Phi) is 2.84. The molecule has 0 unspecified atom stereocenters. The van der Waals surface area contributed by atoms with Gasteiger partial charge in [0, 0.05) is 18.2 Å². The Morgan fingerprint density at radius 3 is 2.17 bits per heavy atom. The summed E-state index contributed by atoms with van der Waals surface area (Å²) >= 11 is 0. The summed E-state index contributed by atoms with van der Waals surface area (Å²) in [5.74, 6) is -1.78. The predicted octanol–water partition coefficient (Wildman–Crippen LogP) is 0.710. The van der Waals surface area contributed by atoms with Crippen molar-refractivity contribution in [2.24, 2.45) is 0 Å². The molecule has 2 rings (SSSR count). The van der Waals surface area contributed by atoms with Gasteiger partial charge in [-0.05, 0) is 6.08 Å². The van der Waals surface area contributed by atoms with Crippen LogP contribution in [0.4, 0.5) is 0 Å². The van der Waals surface area contributed by atoms with Crippen LogP contribution in [-0.2, 0) is 9.53 Å². The molecule has 0 fully saturated rings. The number of nitrogens with one attached hydrogen (secondary N) is 1. The zero-order valence-electron chi connectivity index (χ0n) is 9.73. The van der Waals surface area contributed by atoms with Crippen LogP contribution in [0.2, 0.25) is 0 Å². The molecule has 92 valence electrons. The standard InChI is InChI=1S/C13H11NO4/c1-3-10(15)14-13(18-2)11(16)8-6-4-5-7-9(8)12(13)17/h3-7H,1H2,2H3,(H,14,15). The number of carbonyl (C=O) groups is 3. The number of Topliss-reactive ketones (excluding diaryl/α,β-unsaturated/α-hetero) is 2. The summed E-state index contributed by atoms with van der Waals surface area (Å²) in [4.78, 5) is 35.8. The Hall–Kier alpha value is -2.27. The van der Waals surface area contributed by atoms with E-state index in [9.17, 15) is 14.4 Å². The van der Waals surface area contributed by atoms with E-state index in [2.05, 4.69) is 11.9 Å². The van der Waals surface area contributed by atoms with Gasteiger partial charge in [-0.25, -0.2) is 0 Å². The molecule has 0 atom stereocenters. The van der Waals surface area contributed by atoms with Gasteiger partial charge < -0.3 is 10.1 Å². The van der Waals surface area contributed by atoms with E-state index in [0.29, 0.717) is 0 Å². The lowest BCUT2D eigenvalue weighted by atomic mass is 10.1. The highest BCUT2D eigenvalue weighted by molar-refractivity contribution is 6.32. The number of hydrogen-bond donors (Lipinski definition) is 1. The van der Waals surface area contributed by atoms with E-state index in [-0.39, 0.29) is 11.1 Å². The Morgan fingerprint density at radius 1 is 1.28 bits per heavy atom. The summed E-state index contributed by atoms with van der Waals surface area (Å²) in [6.45, 7) is 3.28. The molecule has 0 saturated carbocycles. The summed E-state index contributed by atoms with van der Waals surface area (Å²) in [7, 11) is 1.20. The second kappa shape index (κ2) is 4.19. The van der Waals surface area contributed by atoms with Gasteiger partial charge in [-0.1, -0.05) is 30.8 Å². The van der Waals surface area contributed by atoms with Gasteiger partial charge in [0.25, 0.3) is 5.72 Å². The fourth-order valence-corrected chi connectivity index (χ4v) is 1.94. The SMILES string of the molecule is C=CC(=O)NC1(OC)C(=O)c2ccccc2C1=O. The van der Waals surface area contributed by atoms with Crippen molar-refractivity contribution in [1.29, 1.82) is 0 Å². The Balaban J connectivity index is 2.53. The lowest BCUT2D eigenvalue weighted by Crippen LogP contribution is -2.57. The summed E-state index contributed by atoms with van der Waals surface area (Å²) in [6, 6.07) is 6.34. The van der Waals surface area contributed by atoms with Gasteiger partial charge in [-0.3, -0.25) is 14.4 Å². The average Bonchev–Trinajstić information content (AvgIpc) is 2.62. The van der Waals surface area contributed by atoms with Gasteiger partial charge in [0.2, 0.25) is 17.5 Å². The molecule has 0 heterocycles. The van der Waals surface area contributed by atoms with Gasteiger partial charge in [-0.2, -0.15) is 0 Å². The number of hydrogen-bond acceptors (Lipinski definition) is 4. The van der Waals surface area contributed by atoms with Crippen molar-refractivity contribution in [3.63, 3.8) is 0 Å². The molecule has 0 radical (unpaired) electrons. The maximum atomic E-state index is 12.2. The molecule has 0 aromatic heterocycles. The average molecular weight is 245 g/mol. The molecule has 1 aromatic rings. The van der Waals surface area contributed by atoms with E-state index in [0.717, 1.165) is 6.08 Å². The monoisotopic (exact) mass is 245 g/mol. The van der Waals surface area contributed by atoms with Gasteiger partial charge >= 0.3 is 0 Å². The maximum Gasteiger partial charge on any atom is 0.270 e. The first-order valence-electron chi connectivity index (χ1n) is 5.25. The number of amides is 1. The molecule has 1 aromatic carbocycles. The fraction of sp³-hybridized carbons (Fsp3) is 0.154. The molecular formula is C13H11NO4. The molecule has 0 saturated heterocycles. The Labute approximate surface area is 103 Å². The Morgan fingerprint density at radius 2 is 1.78 bits per heavy atom. The van der Waals surface area contributed by atoms with Crippen LogP contribution in [0.1, 0.15) is 20.7 Å². The van der Waals surface area contributed by atoms with Crippen LogP contribution in [0.5, 0.6) is 0 Å². The molecule has 1 aliphatic carbocycles. The second-order valence-corrected chi connectivity index (χ2v) is 3.78. The summed E-state index contributed by atoms with van der Waals surface area (Å²) in [5, 5.41) is 2.26. The highest BCUT2D eigenvalue weighted by atomic mass is 16.5. The van der Waals surface area contributed by atoms with Gasteiger partial charge in [-0.15, -0.1) is 0 Å². The van der Waals surface area contributed by atoms with Crippen LogP contribution in [-0.4, -0.2) is 30.3 Å². The largest absolute Gasteiger partial charge is 0.346 e. The van der Waals surface area contributed by atoms with E-state index >= 15 is 0 Å². The van der Waals surface area contributed by atoms with Crippen molar-refractivity contribution in [1.82, 2.24) is 5.32 Å². The summed E-state index contributed by atoms with van der Waals surface area (Å²) in [6.07, 6.45) is 0.977. The number of ether oxygens (including phenoxy) is 1. The topological polar surface area (TPSA) is 72.5 Å². The van der Waals surface area contributed by atoms with Crippen molar-refractivity contribution in [2.75, 3.05) is 7.11 Å². The molecule has 18 heavy (non-hydrogen) atoms. The zero-order valence-corrected chi connectivity index (χ0v) is 9.73. The zero-order chi connectivity index (χ0) is 13.3. The first-order chi connectivity index (χ1) is 8.56. The Bertz CT molecular complexity index is 527.